The van der Waals surface area contributed by atoms with Gasteiger partial charge in [0.05, 0.1) is 23.8 Å². The number of hydrogen-bond acceptors (Lipinski definition) is 4. The van der Waals surface area contributed by atoms with Crippen LogP contribution in [0.3, 0.4) is 0 Å². The van der Waals surface area contributed by atoms with Crippen molar-refractivity contribution in [2.45, 2.75) is 12.8 Å². The van der Waals surface area contributed by atoms with Gasteiger partial charge in [0, 0.05) is 11.6 Å². The van der Waals surface area contributed by atoms with E-state index in [1.807, 2.05) is 4.90 Å². The maximum absolute atomic E-state index is 12.1. The molecule has 0 aliphatic carbocycles. The van der Waals surface area contributed by atoms with Crippen LogP contribution < -0.4 is 16.8 Å². The Morgan fingerprint density at radius 2 is 2.19 bits per heavy atom. The number of nitrogens with one attached hydrogen (secondary N) is 1. The summed E-state index contributed by atoms with van der Waals surface area (Å²) >= 11 is 5.88. The topological polar surface area (TPSA) is 101 Å². The third-order valence-electron chi connectivity index (χ3n) is 3.56. The van der Waals surface area contributed by atoms with Crippen molar-refractivity contribution in [3.63, 3.8) is 0 Å². The van der Waals surface area contributed by atoms with Crippen molar-refractivity contribution in [2.24, 2.45) is 11.7 Å². The number of hydrogen-bond donors (Lipinski definition) is 3. The van der Waals surface area contributed by atoms with Crippen LogP contribution in [0.15, 0.2) is 18.2 Å². The van der Waals surface area contributed by atoms with Gasteiger partial charge >= 0.3 is 0 Å². The Bertz CT molecular complexity index is 550. The van der Waals surface area contributed by atoms with Crippen molar-refractivity contribution in [2.75, 3.05) is 30.7 Å². The normalized spacial score (nSPS) is 19.2. The molecule has 0 spiro atoms. The van der Waals surface area contributed by atoms with Crippen LogP contribution in [-0.2, 0) is 9.59 Å². The Balaban J connectivity index is 1.92. The summed E-state index contributed by atoms with van der Waals surface area (Å²) < 4.78 is 0. The number of carbonyl (C=O) groups excluding carboxylic acids is 2. The molecular weight excluding hydrogens is 292 g/mol. The Labute approximate surface area is 128 Å². The fourth-order valence-electron chi connectivity index (χ4n) is 2.46. The average molecular weight is 311 g/mol. The number of benzene rings is 1. The predicted octanol–water partition coefficient (Wildman–Crippen LogP) is 1.06. The van der Waals surface area contributed by atoms with Crippen LogP contribution in [0.2, 0.25) is 5.02 Å². The van der Waals surface area contributed by atoms with Gasteiger partial charge in [-0.05, 0) is 37.6 Å². The molecule has 7 heteroatoms. The molecule has 114 valence electrons. The molecule has 1 aliphatic heterocycles. The summed E-state index contributed by atoms with van der Waals surface area (Å²) in [4.78, 5) is 25.2. The van der Waals surface area contributed by atoms with E-state index in [0.717, 1.165) is 19.4 Å². The lowest BCUT2D eigenvalue weighted by atomic mass is 9.97. The molecule has 2 rings (SSSR count). The minimum absolute atomic E-state index is 0.178. The van der Waals surface area contributed by atoms with Gasteiger partial charge in [-0.2, -0.15) is 0 Å². The van der Waals surface area contributed by atoms with Crippen molar-refractivity contribution in [1.82, 2.24) is 4.90 Å². The third-order valence-corrected chi connectivity index (χ3v) is 3.80. The number of likely N-dealkylation sites (tertiary alicyclic amines) is 1. The van der Waals surface area contributed by atoms with Crippen molar-refractivity contribution < 1.29 is 9.59 Å². The first-order valence-electron chi connectivity index (χ1n) is 6.82. The van der Waals surface area contributed by atoms with E-state index in [1.54, 1.807) is 18.2 Å². The second-order valence-corrected chi connectivity index (χ2v) is 5.69. The summed E-state index contributed by atoms with van der Waals surface area (Å²) in [6.07, 6.45) is 1.65. The van der Waals surface area contributed by atoms with E-state index in [4.69, 9.17) is 23.1 Å². The van der Waals surface area contributed by atoms with E-state index >= 15 is 0 Å². The summed E-state index contributed by atoms with van der Waals surface area (Å²) in [6, 6.07) is 4.91. The Kier molecular flexibility index (Phi) is 5.03. The highest BCUT2D eigenvalue weighted by molar-refractivity contribution is 6.31. The van der Waals surface area contributed by atoms with Gasteiger partial charge in [0.15, 0.2) is 0 Å². The van der Waals surface area contributed by atoms with E-state index in [-0.39, 0.29) is 24.3 Å². The van der Waals surface area contributed by atoms with Crippen LogP contribution in [0.5, 0.6) is 0 Å². The molecule has 1 fully saturated rings. The standard InChI is InChI=1S/C14H19ClN4O2/c15-10-3-4-11(16)12(6-10)18-13(20)8-19-5-1-2-9(7-19)14(17)21/h3-4,6,9H,1-2,5,7-8,16H2,(H2,17,21)(H,18,20). The van der Waals surface area contributed by atoms with Crippen molar-refractivity contribution in [3.05, 3.63) is 23.2 Å². The highest BCUT2D eigenvalue weighted by atomic mass is 35.5. The lowest BCUT2D eigenvalue weighted by Crippen LogP contribution is -2.44. The van der Waals surface area contributed by atoms with Gasteiger partial charge in [-0.15, -0.1) is 0 Å². The van der Waals surface area contributed by atoms with Gasteiger partial charge in [0.2, 0.25) is 11.8 Å². The number of rotatable bonds is 4. The zero-order chi connectivity index (χ0) is 15.4. The first-order valence-corrected chi connectivity index (χ1v) is 7.20. The van der Waals surface area contributed by atoms with Crippen molar-refractivity contribution >= 4 is 34.8 Å². The van der Waals surface area contributed by atoms with Crippen LogP contribution >= 0.6 is 11.6 Å². The smallest absolute Gasteiger partial charge is 0.238 e. The number of nitrogens with two attached hydrogens (primary N) is 2. The van der Waals surface area contributed by atoms with E-state index < -0.39 is 0 Å². The van der Waals surface area contributed by atoms with Gasteiger partial charge in [-0.3, -0.25) is 14.5 Å². The SMILES string of the molecule is NC(=O)C1CCCN(CC(=O)Nc2cc(Cl)ccc2N)C1. The van der Waals surface area contributed by atoms with Crippen LogP contribution in [0, 0.1) is 5.92 Å². The second-order valence-electron chi connectivity index (χ2n) is 5.26. The molecule has 1 atom stereocenters. The first kappa shape index (κ1) is 15.6. The molecule has 1 aromatic carbocycles. The van der Waals surface area contributed by atoms with Crippen molar-refractivity contribution in [1.29, 1.82) is 0 Å². The molecule has 1 unspecified atom stereocenters. The van der Waals surface area contributed by atoms with E-state index in [9.17, 15) is 9.59 Å². The van der Waals surface area contributed by atoms with Gasteiger partial charge in [-0.1, -0.05) is 11.6 Å². The number of primary amides is 1. The number of halogens is 1. The molecule has 2 amide bonds. The minimum atomic E-state index is -0.306. The monoisotopic (exact) mass is 310 g/mol. The number of nitrogens with zero attached hydrogens (tertiary/aromatic N) is 1. The van der Waals surface area contributed by atoms with E-state index in [0.29, 0.717) is 22.9 Å². The molecule has 1 heterocycles. The number of amides is 2. The largest absolute Gasteiger partial charge is 0.397 e. The highest BCUT2D eigenvalue weighted by Gasteiger charge is 2.25. The molecule has 5 N–H and O–H groups in total. The zero-order valence-corrected chi connectivity index (χ0v) is 12.4. The molecule has 6 nitrogen and oxygen atoms in total. The first-order chi connectivity index (χ1) is 9.95. The second kappa shape index (κ2) is 6.78. The maximum Gasteiger partial charge on any atom is 0.238 e. The number of nitrogen functional groups attached to an aromatic ring is 1. The van der Waals surface area contributed by atoms with E-state index in [1.165, 1.54) is 0 Å². The van der Waals surface area contributed by atoms with Gasteiger partial charge in [-0.25, -0.2) is 0 Å². The summed E-state index contributed by atoms with van der Waals surface area (Å²) in [6.45, 7) is 1.51. The molecule has 0 bridgehead atoms. The molecular formula is C14H19ClN4O2. The number of carbonyl (C=O) groups is 2. The highest BCUT2D eigenvalue weighted by Crippen LogP contribution is 2.23. The molecule has 1 aromatic rings. The Morgan fingerprint density at radius 1 is 1.43 bits per heavy atom. The quantitative estimate of drug-likeness (QED) is 0.724. The Morgan fingerprint density at radius 3 is 2.90 bits per heavy atom. The number of piperidine rings is 1. The van der Waals surface area contributed by atoms with E-state index in [2.05, 4.69) is 5.32 Å². The zero-order valence-electron chi connectivity index (χ0n) is 11.6. The fourth-order valence-corrected chi connectivity index (χ4v) is 2.63. The van der Waals surface area contributed by atoms with Crippen LogP contribution in [0.1, 0.15) is 12.8 Å². The van der Waals surface area contributed by atoms with Crippen LogP contribution in [-0.4, -0.2) is 36.3 Å². The predicted molar refractivity (Wildman–Crippen MR) is 82.9 cm³/mol. The fraction of sp³-hybridized carbons (Fsp3) is 0.429. The number of anilines is 2. The molecule has 1 aliphatic rings. The van der Waals surface area contributed by atoms with Crippen molar-refractivity contribution in [3.8, 4) is 0 Å². The summed E-state index contributed by atoms with van der Waals surface area (Å²) in [5, 5.41) is 3.24. The summed E-state index contributed by atoms with van der Waals surface area (Å²) in [7, 11) is 0. The van der Waals surface area contributed by atoms with Crippen LogP contribution in [0.4, 0.5) is 11.4 Å². The Hall–Kier alpha value is -1.79. The maximum atomic E-state index is 12.1. The summed E-state index contributed by atoms with van der Waals surface area (Å²) in [5.74, 6) is -0.670. The molecule has 0 radical (unpaired) electrons. The average Bonchev–Trinajstić information content (AvgIpc) is 2.43. The lowest BCUT2D eigenvalue weighted by molar-refractivity contribution is -0.125. The molecule has 1 saturated heterocycles. The van der Waals surface area contributed by atoms with Gasteiger partial charge in [0.25, 0.3) is 0 Å². The molecule has 21 heavy (non-hydrogen) atoms. The lowest BCUT2D eigenvalue weighted by Gasteiger charge is -2.30. The third kappa shape index (κ3) is 4.34. The molecule has 0 saturated carbocycles. The minimum Gasteiger partial charge on any atom is -0.397 e. The van der Waals surface area contributed by atoms with Crippen LogP contribution in [0.25, 0.3) is 0 Å². The summed E-state index contributed by atoms with van der Waals surface area (Å²) in [5.41, 5.74) is 12.1. The molecule has 0 aromatic heterocycles. The van der Waals surface area contributed by atoms with Gasteiger partial charge < -0.3 is 16.8 Å². The van der Waals surface area contributed by atoms with Gasteiger partial charge in [0.1, 0.15) is 0 Å².